The van der Waals surface area contributed by atoms with Crippen LogP contribution in [0.15, 0.2) is 73.1 Å². The number of hydrogen-bond donors (Lipinski definition) is 2. The molecule has 4 aromatic rings. The first kappa shape index (κ1) is 35.6. The van der Waals surface area contributed by atoms with E-state index in [1.54, 1.807) is 48.5 Å². The summed E-state index contributed by atoms with van der Waals surface area (Å²) in [6.07, 6.45) is 3.82. The molecule has 3 aromatic carbocycles. The van der Waals surface area contributed by atoms with Crippen LogP contribution in [0.3, 0.4) is 0 Å². The second-order valence-electron chi connectivity index (χ2n) is 12.5. The fraction of sp³-hybridized carbons (Fsp3) is 0.324. The molecular formula is C37H37Cl3N3O7+. The van der Waals surface area contributed by atoms with E-state index in [9.17, 15) is 19.9 Å². The van der Waals surface area contributed by atoms with Crippen LogP contribution in [0.25, 0.3) is 0 Å². The Kier molecular flexibility index (Phi) is 10.9. The molecule has 0 radical (unpaired) electrons. The molecule has 13 heteroatoms. The van der Waals surface area contributed by atoms with E-state index < -0.39 is 18.0 Å². The van der Waals surface area contributed by atoms with Crippen molar-refractivity contribution in [3.63, 3.8) is 0 Å². The zero-order valence-corrected chi connectivity index (χ0v) is 29.8. The number of ether oxygens (including phenoxy) is 3. The monoisotopic (exact) mass is 740 g/mol. The van der Waals surface area contributed by atoms with Gasteiger partial charge in [0.25, 0.3) is 0 Å². The lowest BCUT2D eigenvalue weighted by Crippen LogP contribution is -2.53. The van der Waals surface area contributed by atoms with Gasteiger partial charge in [-0.15, -0.1) is 0 Å². The Balaban J connectivity index is 1.49. The number of piperidine rings is 3. The van der Waals surface area contributed by atoms with Crippen molar-refractivity contribution in [1.82, 2.24) is 4.90 Å². The van der Waals surface area contributed by atoms with Crippen LogP contribution >= 0.6 is 34.8 Å². The van der Waals surface area contributed by atoms with Gasteiger partial charge in [-0.25, -0.2) is 9.59 Å². The summed E-state index contributed by atoms with van der Waals surface area (Å²) in [5.74, 6) is -0.659. The Morgan fingerprint density at radius 1 is 0.940 bits per heavy atom. The molecule has 262 valence electrons. The number of carbonyl (C=O) groups is 2. The van der Waals surface area contributed by atoms with Gasteiger partial charge in [-0.2, -0.15) is 0 Å². The minimum atomic E-state index is -1.16. The number of amides is 1. The van der Waals surface area contributed by atoms with Crippen LogP contribution in [0.4, 0.5) is 10.5 Å². The molecule has 4 heterocycles. The molecule has 0 aliphatic carbocycles. The van der Waals surface area contributed by atoms with Gasteiger partial charge < -0.3 is 19.3 Å². The van der Waals surface area contributed by atoms with Gasteiger partial charge in [-0.05, 0) is 85.3 Å². The molecule has 2 atom stereocenters. The van der Waals surface area contributed by atoms with Crippen molar-refractivity contribution < 1.29 is 38.8 Å². The number of carbonyl (C=O) groups excluding carboxylic acids is 1. The van der Waals surface area contributed by atoms with E-state index in [-0.39, 0.29) is 40.6 Å². The Hall–Kier alpha value is -4.22. The molecule has 10 nitrogen and oxygen atoms in total. The van der Waals surface area contributed by atoms with Gasteiger partial charge in [0.1, 0.15) is 16.1 Å². The number of halogens is 3. The normalized spacial score (nSPS) is 18.7. The van der Waals surface area contributed by atoms with Gasteiger partial charge in [0, 0.05) is 22.8 Å². The van der Waals surface area contributed by atoms with Crippen LogP contribution in [0.2, 0.25) is 15.1 Å². The highest BCUT2D eigenvalue weighted by atomic mass is 35.5. The minimum absolute atomic E-state index is 0.0209. The number of hydrogen-bond acceptors (Lipinski definition) is 7. The Labute approximate surface area is 305 Å². The maximum absolute atomic E-state index is 14.2. The summed E-state index contributed by atoms with van der Waals surface area (Å²) in [7, 11) is 3.04. The smallest absolute Gasteiger partial charge is 0.414 e. The topological polar surface area (TPSA) is 113 Å². The molecule has 1 amide bonds. The maximum Gasteiger partial charge on any atom is 0.414 e. The first-order valence-corrected chi connectivity index (χ1v) is 17.3. The molecule has 3 saturated heterocycles. The Bertz CT molecular complexity index is 1880. The molecule has 2 N–H and O–H groups in total. The summed E-state index contributed by atoms with van der Waals surface area (Å²) < 4.78 is 18.1. The van der Waals surface area contributed by atoms with E-state index in [4.69, 9.17) is 49.0 Å². The van der Waals surface area contributed by atoms with Gasteiger partial charge in [0.2, 0.25) is 12.4 Å². The number of aromatic nitrogens is 1. The van der Waals surface area contributed by atoms with Crippen LogP contribution in [0.5, 0.6) is 11.5 Å². The Morgan fingerprint density at radius 3 is 2.26 bits per heavy atom. The molecule has 0 saturated carbocycles. The summed E-state index contributed by atoms with van der Waals surface area (Å²) in [5.41, 5.74) is 2.56. The van der Waals surface area contributed by atoms with E-state index in [1.807, 2.05) is 6.07 Å². The molecule has 1 aromatic heterocycles. The number of para-hydroxylation sites is 1. The van der Waals surface area contributed by atoms with Gasteiger partial charge in [0.05, 0.1) is 37.0 Å². The number of aromatic carboxylic acids is 1. The van der Waals surface area contributed by atoms with Crippen molar-refractivity contribution in [3.05, 3.63) is 116 Å². The third kappa shape index (κ3) is 7.44. The van der Waals surface area contributed by atoms with Gasteiger partial charge >= 0.3 is 12.1 Å². The van der Waals surface area contributed by atoms with Gasteiger partial charge in [-0.3, -0.25) is 15.0 Å². The van der Waals surface area contributed by atoms with Gasteiger partial charge in [0.15, 0.2) is 11.5 Å². The summed E-state index contributed by atoms with van der Waals surface area (Å²) in [6.45, 7) is 2.59. The molecule has 7 rings (SSSR count). The number of methoxy groups -OCH3 is 2. The quantitative estimate of drug-likeness (QED) is 0.120. The predicted octanol–water partition coefficient (Wildman–Crippen LogP) is 7.50. The number of carboxylic acid groups (broad SMARTS) is 1. The summed E-state index contributed by atoms with van der Waals surface area (Å²) in [5, 5.41) is 21.4. The number of benzene rings is 3. The third-order valence-corrected chi connectivity index (χ3v) is 10.6. The third-order valence-electron chi connectivity index (χ3n) is 9.60. The zero-order chi connectivity index (χ0) is 35.5. The second-order valence-corrected chi connectivity index (χ2v) is 13.7. The molecule has 3 aliphatic heterocycles. The first-order valence-electron chi connectivity index (χ1n) is 16.2. The molecule has 2 bridgehead atoms. The van der Waals surface area contributed by atoms with E-state index >= 15 is 0 Å². The fourth-order valence-electron chi connectivity index (χ4n) is 7.07. The molecular weight excluding hydrogens is 705 g/mol. The molecule has 0 unspecified atom stereocenters. The van der Waals surface area contributed by atoms with Crippen molar-refractivity contribution in [2.24, 2.45) is 5.92 Å². The highest BCUT2D eigenvalue weighted by molar-refractivity contribution is 6.35. The van der Waals surface area contributed by atoms with Crippen LogP contribution in [-0.4, -0.2) is 67.2 Å². The highest BCUT2D eigenvalue weighted by Gasteiger charge is 2.38. The van der Waals surface area contributed by atoms with Crippen molar-refractivity contribution in [2.75, 3.05) is 38.8 Å². The van der Waals surface area contributed by atoms with E-state index in [1.165, 1.54) is 37.6 Å². The minimum Gasteiger partial charge on any atom is -0.493 e. The standard InChI is InChI=1S/C37H36Cl3N3O7/c1-48-32-11-10-23(16-33(32)49-2)26(17-27-29(39)19-42(47)20-30(27)40)35-24(6-5-7-25(35)36(44)45)18-43(31-9-4-3-8-28(31)38)37(46)50-34-21-41-14-12-22(34)13-15-41/h3-11,16,19-20,22,26,34H,12-15,17-18,21H2,1-2H3,(H-,44,45,47)/p+1/t26-,34-/m0/s1. The number of rotatable bonds is 11. The Morgan fingerprint density at radius 2 is 1.64 bits per heavy atom. The highest BCUT2D eigenvalue weighted by Crippen LogP contribution is 2.41. The molecule has 0 spiro atoms. The average Bonchev–Trinajstić information content (AvgIpc) is 3.11. The summed E-state index contributed by atoms with van der Waals surface area (Å²) in [4.78, 5) is 30.9. The van der Waals surface area contributed by atoms with Crippen molar-refractivity contribution >= 4 is 52.6 Å². The number of carboxylic acids is 1. The summed E-state index contributed by atoms with van der Waals surface area (Å²) >= 11 is 20.0. The van der Waals surface area contributed by atoms with Crippen molar-refractivity contribution in [3.8, 4) is 11.5 Å². The lowest BCUT2D eigenvalue weighted by atomic mass is 9.80. The van der Waals surface area contributed by atoms with Crippen molar-refractivity contribution in [2.45, 2.75) is 37.8 Å². The number of nitrogens with zero attached hydrogens (tertiary/aromatic N) is 3. The van der Waals surface area contributed by atoms with Crippen LogP contribution < -0.4 is 19.1 Å². The molecule has 3 aliphatic rings. The van der Waals surface area contributed by atoms with Crippen molar-refractivity contribution in [1.29, 1.82) is 0 Å². The number of anilines is 1. The maximum atomic E-state index is 14.2. The van der Waals surface area contributed by atoms with Gasteiger partial charge in [-0.1, -0.05) is 65.1 Å². The van der Waals surface area contributed by atoms with E-state index in [0.717, 1.165) is 30.7 Å². The second kappa shape index (κ2) is 15.3. The number of pyridine rings is 1. The lowest BCUT2D eigenvalue weighted by Gasteiger charge is -2.44. The lowest BCUT2D eigenvalue weighted by molar-refractivity contribution is -0.904. The first-order chi connectivity index (χ1) is 24.1. The zero-order valence-electron chi connectivity index (χ0n) is 27.5. The van der Waals surface area contributed by atoms with E-state index in [2.05, 4.69) is 4.90 Å². The predicted molar refractivity (Wildman–Crippen MR) is 189 cm³/mol. The van der Waals surface area contributed by atoms with Crippen LogP contribution in [-0.2, 0) is 17.7 Å². The average molecular weight is 742 g/mol. The number of fused-ring (bicyclic) bond motifs is 3. The van der Waals surface area contributed by atoms with Crippen LogP contribution in [0, 0.1) is 5.92 Å². The SMILES string of the molecule is COc1ccc([C@H](Cc2c(Cl)c[n+](O)cc2Cl)c2c(CN(C(=O)O[C@H]3CN4CCC3CC4)c3ccccc3Cl)cccc2C(=O)O)cc1OC. The molecule has 3 fully saturated rings. The largest absolute Gasteiger partial charge is 0.493 e. The van der Waals surface area contributed by atoms with Crippen LogP contribution in [0.1, 0.15) is 51.4 Å². The molecule has 50 heavy (non-hydrogen) atoms. The van der Waals surface area contributed by atoms with E-state index in [0.29, 0.717) is 51.0 Å². The summed E-state index contributed by atoms with van der Waals surface area (Å²) in [6, 6.07) is 17.3. The fourth-order valence-corrected chi connectivity index (χ4v) is 7.91.